The summed E-state index contributed by atoms with van der Waals surface area (Å²) in [7, 11) is 0. The van der Waals surface area contributed by atoms with Gasteiger partial charge in [-0.1, -0.05) is 0 Å². The molecular weight excluding hydrogens is 187 g/mol. The van der Waals surface area contributed by atoms with Crippen molar-refractivity contribution in [3.8, 4) is 0 Å². The molecule has 0 aliphatic heterocycles. The molecule has 1 aromatic rings. The van der Waals surface area contributed by atoms with Gasteiger partial charge in [0.2, 0.25) is 0 Å². The molecular formula is C9H11FN2O2. The molecule has 5 heteroatoms. The van der Waals surface area contributed by atoms with Crippen LogP contribution in [0.2, 0.25) is 0 Å². The lowest BCUT2D eigenvalue weighted by atomic mass is 10.2. The number of nitrogens with one attached hydrogen (secondary N) is 1. The fourth-order valence-corrected chi connectivity index (χ4v) is 0.879. The van der Waals surface area contributed by atoms with E-state index in [2.05, 4.69) is 10.3 Å². The molecule has 14 heavy (non-hydrogen) atoms. The molecule has 0 saturated heterocycles. The second-order valence-corrected chi connectivity index (χ2v) is 2.95. The predicted molar refractivity (Wildman–Crippen MR) is 48.2 cm³/mol. The SMILES string of the molecule is CC(O)CNC(=O)c1cncc(F)c1. The molecule has 0 saturated carbocycles. The highest BCUT2D eigenvalue weighted by Crippen LogP contribution is 2.00. The van der Waals surface area contributed by atoms with Crippen LogP contribution >= 0.6 is 0 Å². The molecule has 76 valence electrons. The molecule has 0 spiro atoms. The maximum absolute atomic E-state index is 12.6. The van der Waals surface area contributed by atoms with E-state index in [0.29, 0.717) is 0 Å². The normalized spacial score (nSPS) is 12.2. The van der Waals surface area contributed by atoms with Crippen molar-refractivity contribution < 1.29 is 14.3 Å². The van der Waals surface area contributed by atoms with E-state index in [-0.39, 0.29) is 12.1 Å². The van der Waals surface area contributed by atoms with E-state index in [0.717, 1.165) is 12.3 Å². The lowest BCUT2D eigenvalue weighted by Gasteiger charge is -2.06. The highest BCUT2D eigenvalue weighted by molar-refractivity contribution is 5.93. The van der Waals surface area contributed by atoms with Gasteiger partial charge in [-0.2, -0.15) is 0 Å². The number of aromatic nitrogens is 1. The first-order valence-electron chi connectivity index (χ1n) is 4.16. The smallest absolute Gasteiger partial charge is 0.253 e. The van der Waals surface area contributed by atoms with Crippen molar-refractivity contribution in [1.82, 2.24) is 10.3 Å². The first kappa shape index (κ1) is 10.6. The molecule has 0 radical (unpaired) electrons. The summed E-state index contributed by atoms with van der Waals surface area (Å²) >= 11 is 0. The molecule has 0 aliphatic rings. The zero-order valence-corrected chi connectivity index (χ0v) is 7.70. The zero-order valence-electron chi connectivity index (χ0n) is 7.70. The molecule has 1 unspecified atom stereocenters. The summed E-state index contributed by atoms with van der Waals surface area (Å²) in [5.74, 6) is -1.01. The highest BCUT2D eigenvalue weighted by atomic mass is 19.1. The van der Waals surface area contributed by atoms with Gasteiger partial charge in [-0.3, -0.25) is 9.78 Å². The zero-order chi connectivity index (χ0) is 10.6. The monoisotopic (exact) mass is 198 g/mol. The van der Waals surface area contributed by atoms with E-state index in [9.17, 15) is 9.18 Å². The van der Waals surface area contributed by atoms with Gasteiger partial charge < -0.3 is 10.4 Å². The van der Waals surface area contributed by atoms with Crippen molar-refractivity contribution in [3.63, 3.8) is 0 Å². The number of aliphatic hydroxyl groups excluding tert-OH is 1. The molecule has 0 aliphatic carbocycles. The number of hydrogen-bond donors (Lipinski definition) is 2. The Morgan fingerprint density at radius 1 is 1.71 bits per heavy atom. The minimum absolute atomic E-state index is 0.134. The van der Waals surface area contributed by atoms with E-state index < -0.39 is 17.8 Å². The van der Waals surface area contributed by atoms with Gasteiger partial charge in [0.05, 0.1) is 17.9 Å². The molecule has 4 nitrogen and oxygen atoms in total. The number of halogens is 1. The van der Waals surface area contributed by atoms with Crippen molar-refractivity contribution in [2.75, 3.05) is 6.54 Å². The van der Waals surface area contributed by atoms with Gasteiger partial charge in [0.25, 0.3) is 5.91 Å². The van der Waals surface area contributed by atoms with Crippen LogP contribution in [0, 0.1) is 5.82 Å². The number of pyridine rings is 1. The average Bonchev–Trinajstić information content (AvgIpc) is 2.14. The van der Waals surface area contributed by atoms with Crippen LogP contribution in [0.1, 0.15) is 17.3 Å². The summed E-state index contributed by atoms with van der Waals surface area (Å²) in [6.07, 6.45) is 1.66. The maximum Gasteiger partial charge on any atom is 0.253 e. The molecule has 1 atom stereocenters. The molecule has 0 aromatic carbocycles. The van der Waals surface area contributed by atoms with Crippen LogP contribution in [-0.2, 0) is 0 Å². The van der Waals surface area contributed by atoms with Gasteiger partial charge in [-0.25, -0.2) is 4.39 Å². The Balaban J connectivity index is 2.61. The van der Waals surface area contributed by atoms with E-state index in [1.54, 1.807) is 6.92 Å². The summed E-state index contributed by atoms with van der Waals surface area (Å²) in [5.41, 5.74) is 0.144. The number of aliphatic hydroxyl groups is 1. The summed E-state index contributed by atoms with van der Waals surface area (Å²) in [6, 6.07) is 1.09. The average molecular weight is 198 g/mol. The molecule has 0 fully saturated rings. The van der Waals surface area contributed by atoms with Crippen molar-refractivity contribution in [1.29, 1.82) is 0 Å². The second kappa shape index (κ2) is 4.66. The predicted octanol–water partition coefficient (Wildman–Crippen LogP) is 0.331. The van der Waals surface area contributed by atoms with Crippen molar-refractivity contribution in [2.24, 2.45) is 0 Å². The van der Waals surface area contributed by atoms with Crippen LogP contribution in [0.3, 0.4) is 0 Å². The molecule has 1 rings (SSSR count). The topological polar surface area (TPSA) is 62.2 Å². The van der Waals surface area contributed by atoms with E-state index in [4.69, 9.17) is 5.11 Å². The Morgan fingerprint density at radius 3 is 3.00 bits per heavy atom. The fraction of sp³-hybridized carbons (Fsp3) is 0.333. The molecule has 1 amide bonds. The van der Waals surface area contributed by atoms with Crippen LogP contribution in [0.4, 0.5) is 4.39 Å². The van der Waals surface area contributed by atoms with Gasteiger partial charge in [0, 0.05) is 12.7 Å². The van der Waals surface area contributed by atoms with Gasteiger partial charge >= 0.3 is 0 Å². The van der Waals surface area contributed by atoms with Crippen molar-refractivity contribution in [3.05, 3.63) is 29.8 Å². The number of amides is 1. The van der Waals surface area contributed by atoms with Crippen LogP contribution in [-0.4, -0.2) is 28.6 Å². The lowest BCUT2D eigenvalue weighted by molar-refractivity contribution is 0.0923. The van der Waals surface area contributed by atoms with Gasteiger partial charge in [0.1, 0.15) is 5.82 Å². The standard InChI is InChI=1S/C9H11FN2O2/c1-6(13)3-12-9(14)7-2-8(10)5-11-4-7/h2,4-6,13H,3H2,1H3,(H,12,14). The largest absolute Gasteiger partial charge is 0.392 e. The first-order valence-corrected chi connectivity index (χ1v) is 4.16. The van der Waals surface area contributed by atoms with E-state index in [1.807, 2.05) is 0 Å². The van der Waals surface area contributed by atoms with Crippen molar-refractivity contribution in [2.45, 2.75) is 13.0 Å². The molecule has 2 N–H and O–H groups in total. The Bertz CT molecular complexity index is 328. The molecule has 0 bridgehead atoms. The van der Waals surface area contributed by atoms with Crippen molar-refractivity contribution >= 4 is 5.91 Å². The van der Waals surface area contributed by atoms with Crippen LogP contribution in [0.15, 0.2) is 18.5 Å². The summed E-state index contributed by atoms with van der Waals surface area (Å²) < 4.78 is 12.6. The summed E-state index contributed by atoms with van der Waals surface area (Å²) in [6.45, 7) is 1.68. The summed E-state index contributed by atoms with van der Waals surface area (Å²) in [5, 5.41) is 11.3. The van der Waals surface area contributed by atoms with Gasteiger partial charge in [-0.15, -0.1) is 0 Å². The minimum atomic E-state index is -0.625. The molecule has 1 heterocycles. The number of rotatable bonds is 3. The third-order valence-electron chi connectivity index (χ3n) is 1.53. The number of hydrogen-bond acceptors (Lipinski definition) is 3. The third-order valence-corrected chi connectivity index (χ3v) is 1.53. The minimum Gasteiger partial charge on any atom is -0.392 e. The lowest BCUT2D eigenvalue weighted by Crippen LogP contribution is -2.30. The van der Waals surface area contributed by atoms with Gasteiger partial charge in [-0.05, 0) is 13.0 Å². The van der Waals surface area contributed by atoms with Crippen LogP contribution in [0.5, 0.6) is 0 Å². The third kappa shape index (κ3) is 3.10. The van der Waals surface area contributed by atoms with Gasteiger partial charge in [0.15, 0.2) is 0 Å². The fourth-order valence-electron chi connectivity index (χ4n) is 0.879. The van der Waals surface area contributed by atoms with E-state index >= 15 is 0 Å². The van der Waals surface area contributed by atoms with Crippen LogP contribution in [0.25, 0.3) is 0 Å². The number of carbonyl (C=O) groups excluding carboxylic acids is 1. The second-order valence-electron chi connectivity index (χ2n) is 2.95. The number of carbonyl (C=O) groups is 1. The quantitative estimate of drug-likeness (QED) is 0.735. The Hall–Kier alpha value is -1.49. The molecule has 1 aromatic heterocycles. The Morgan fingerprint density at radius 2 is 2.43 bits per heavy atom. The highest BCUT2D eigenvalue weighted by Gasteiger charge is 2.07. The Labute approximate surface area is 80.8 Å². The maximum atomic E-state index is 12.6. The Kier molecular flexibility index (Phi) is 3.53. The van der Waals surface area contributed by atoms with Crippen LogP contribution < -0.4 is 5.32 Å². The summed E-state index contributed by atoms with van der Waals surface area (Å²) in [4.78, 5) is 14.8. The first-order chi connectivity index (χ1) is 6.59. The van der Waals surface area contributed by atoms with E-state index in [1.165, 1.54) is 6.20 Å². The number of nitrogens with zero attached hydrogens (tertiary/aromatic N) is 1.